The van der Waals surface area contributed by atoms with Crippen LogP contribution in [0.25, 0.3) is 0 Å². The number of allylic oxidation sites excluding steroid dienone is 1. The van der Waals surface area contributed by atoms with Gasteiger partial charge in [-0.2, -0.15) is 0 Å². The summed E-state index contributed by atoms with van der Waals surface area (Å²) >= 11 is 0. The van der Waals surface area contributed by atoms with Crippen molar-refractivity contribution in [2.75, 3.05) is 0 Å². The van der Waals surface area contributed by atoms with Crippen LogP contribution < -0.4 is 5.73 Å². The van der Waals surface area contributed by atoms with Gasteiger partial charge >= 0.3 is 0 Å². The van der Waals surface area contributed by atoms with Crippen molar-refractivity contribution in [1.29, 1.82) is 0 Å². The molecule has 0 spiro atoms. The highest BCUT2D eigenvalue weighted by molar-refractivity contribution is 5.45. The van der Waals surface area contributed by atoms with Crippen LogP contribution in [0.3, 0.4) is 0 Å². The van der Waals surface area contributed by atoms with E-state index in [1.54, 1.807) is 5.57 Å². The normalized spacial score (nSPS) is 51.0. The van der Waals surface area contributed by atoms with E-state index in [1.807, 2.05) is 0 Å². The van der Waals surface area contributed by atoms with Crippen molar-refractivity contribution in [3.63, 3.8) is 0 Å². The van der Waals surface area contributed by atoms with Crippen molar-refractivity contribution >= 4 is 0 Å². The summed E-state index contributed by atoms with van der Waals surface area (Å²) in [6.07, 6.45) is 8.54. The Hall–Kier alpha value is -0.640. The van der Waals surface area contributed by atoms with E-state index < -0.39 is 0 Å². The minimum absolute atomic E-state index is 0.0300. The predicted molar refractivity (Wildman–Crippen MR) is 87.1 cm³/mol. The molecule has 0 unspecified atom stereocenters. The standard InChI is InChI=1S/C19H29NO2/c1-18-7-5-12(21)9-11(18)10-15(20)17-13-3-4-16(22)19(13,2)8-6-14(17)18/h9,12-13,15-16,21-22H,3-8,10,20H2,1-2H3/t12-,13-,15-,16-,18-,19-/m0/s1. The first-order valence-corrected chi connectivity index (χ1v) is 8.92. The summed E-state index contributed by atoms with van der Waals surface area (Å²) < 4.78 is 0. The van der Waals surface area contributed by atoms with Gasteiger partial charge in [0, 0.05) is 16.9 Å². The maximum Gasteiger partial charge on any atom is 0.0724 e. The number of hydrogen-bond donors (Lipinski definition) is 3. The zero-order valence-corrected chi connectivity index (χ0v) is 13.8. The van der Waals surface area contributed by atoms with Crippen LogP contribution in [0.15, 0.2) is 22.8 Å². The molecule has 0 amide bonds. The van der Waals surface area contributed by atoms with Crippen LogP contribution >= 0.6 is 0 Å². The van der Waals surface area contributed by atoms with Gasteiger partial charge in [-0.05, 0) is 56.4 Å². The van der Waals surface area contributed by atoms with E-state index in [-0.39, 0.29) is 29.1 Å². The molecule has 0 aromatic heterocycles. The van der Waals surface area contributed by atoms with E-state index in [0.717, 1.165) is 44.9 Å². The lowest BCUT2D eigenvalue weighted by molar-refractivity contribution is 0.0303. The predicted octanol–water partition coefficient (Wildman–Crippen LogP) is 2.67. The molecule has 0 heterocycles. The van der Waals surface area contributed by atoms with Gasteiger partial charge in [-0.25, -0.2) is 0 Å². The molecule has 0 saturated heterocycles. The number of aliphatic hydroxyl groups excluding tert-OH is 2. The summed E-state index contributed by atoms with van der Waals surface area (Å²) in [4.78, 5) is 0. The Kier molecular flexibility index (Phi) is 3.18. The van der Waals surface area contributed by atoms with E-state index in [9.17, 15) is 10.2 Å². The molecule has 0 radical (unpaired) electrons. The van der Waals surface area contributed by atoms with Crippen molar-refractivity contribution in [2.45, 2.75) is 77.0 Å². The van der Waals surface area contributed by atoms with Crippen LogP contribution in [-0.4, -0.2) is 28.5 Å². The van der Waals surface area contributed by atoms with E-state index in [4.69, 9.17) is 5.73 Å². The molecule has 3 nitrogen and oxygen atoms in total. The maximum atomic E-state index is 10.5. The van der Waals surface area contributed by atoms with Crippen LogP contribution in [0.5, 0.6) is 0 Å². The summed E-state index contributed by atoms with van der Waals surface area (Å²) in [5, 5.41) is 20.5. The lowest BCUT2D eigenvalue weighted by Gasteiger charge is -2.53. The van der Waals surface area contributed by atoms with Crippen LogP contribution in [0, 0.1) is 16.7 Å². The number of aliphatic hydroxyl groups is 2. The second kappa shape index (κ2) is 4.68. The van der Waals surface area contributed by atoms with Gasteiger partial charge in [-0.15, -0.1) is 0 Å². The first kappa shape index (κ1) is 14.9. The van der Waals surface area contributed by atoms with E-state index in [1.165, 1.54) is 11.1 Å². The SMILES string of the molecule is C[C@]12CC[C@H](O)C=C1C[C@H](N)C1=C2CC[C@]2(C)[C@@H](O)CC[C@@H]12. The molecule has 1 fully saturated rings. The molecule has 0 aliphatic heterocycles. The molecule has 3 heteroatoms. The van der Waals surface area contributed by atoms with Crippen molar-refractivity contribution in [3.05, 3.63) is 22.8 Å². The number of rotatable bonds is 0. The number of nitrogens with two attached hydrogens (primary N) is 1. The fourth-order valence-corrected chi connectivity index (χ4v) is 5.97. The van der Waals surface area contributed by atoms with Gasteiger partial charge in [0.15, 0.2) is 0 Å². The van der Waals surface area contributed by atoms with E-state index in [2.05, 4.69) is 19.9 Å². The molecule has 4 rings (SSSR count). The molecular weight excluding hydrogens is 274 g/mol. The van der Waals surface area contributed by atoms with Crippen molar-refractivity contribution in [2.24, 2.45) is 22.5 Å². The Bertz CT molecular complexity index is 566. The highest BCUT2D eigenvalue weighted by Gasteiger charge is 2.55. The minimum Gasteiger partial charge on any atom is -0.393 e. The molecule has 122 valence electrons. The Balaban J connectivity index is 1.83. The van der Waals surface area contributed by atoms with E-state index in [0.29, 0.717) is 5.92 Å². The lowest BCUT2D eigenvalue weighted by Crippen LogP contribution is -2.48. The molecule has 4 aliphatic carbocycles. The molecule has 22 heavy (non-hydrogen) atoms. The third-order valence-corrected chi connectivity index (χ3v) is 7.47. The zero-order chi connectivity index (χ0) is 15.7. The van der Waals surface area contributed by atoms with Crippen molar-refractivity contribution in [3.8, 4) is 0 Å². The lowest BCUT2D eigenvalue weighted by atomic mass is 9.53. The Morgan fingerprint density at radius 1 is 1.14 bits per heavy atom. The molecule has 0 aromatic carbocycles. The van der Waals surface area contributed by atoms with Gasteiger partial charge in [0.05, 0.1) is 12.2 Å². The summed E-state index contributed by atoms with van der Waals surface area (Å²) in [6.45, 7) is 4.63. The Labute approximate surface area is 133 Å². The highest BCUT2D eigenvalue weighted by atomic mass is 16.3. The second-order valence-corrected chi connectivity index (χ2v) is 8.53. The van der Waals surface area contributed by atoms with Gasteiger partial charge < -0.3 is 15.9 Å². The monoisotopic (exact) mass is 303 g/mol. The Morgan fingerprint density at radius 3 is 2.68 bits per heavy atom. The average Bonchev–Trinajstić information content (AvgIpc) is 2.77. The summed E-state index contributed by atoms with van der Waals surface area (Å²) in [5.74, 6) is 0.464. The quantitative estimate of drug-likeness (QED) is 0.603. The van der Waals surface area contributed by atoms with Gasteiger partial charge in [0.2, 0.25) is 0 Å². The molecule has 6 atom stereocenters. The number of fused-ring (bicyclic) bond motifs is 4. The molecule has 0 aromatic rings. The van der Waals surface area contributed by atoms with E-state index >= 15 is 0 Å². The van der Waals surface area contributed by atoms with Crippen LogP contribution in [0.1, 0.15) is 58.8 Å². The van der Waals surface area contributed by atoms with Gasteiger partial charge in [0.25, 0.3) is 0 Å². The smallest absolute Gasteiger partial charge is 0.0724 e. The van der Waals surface area contributed by atoms with Crippen molar-refractivity contribution < 1.29 is 10.2 Å². The zero-order valence-electron chi connectivity index (χ0n) is 13.8. The molecular formula is C19H29NO2. The summed E-state index contributed by atoms with van der Waals surface area (Å²) in [5.41, 5.74) is 11.1. The molecule has 1 saturated carbocycles. The minimum atomic E-state index is -0.292. The average molecular weight is 303 g/mol. The van der Waals surface area contributed by atoms with Gasteiger partial charge in [0.1, 0.15) is 0 Å². The first-order chi connectivity index (χ1) is 10.4. The second-order valence-electron chi connectivity index (χ2n) is 8.53. The molecule has 4 aliphatic rings. The Morgan fingerprint density at radius 2 is 1.91 bits per heavy atom. The fraction of sp³-hybridized carbons (Fsp3) is 0.789. The highest BCUT2D eigenvalue weighted by Crippen LogP contribution is 2.62. The first-order valence-electron chi connectivity index (χ1n) is 8.92. The molecule has 4 N–H and O–H groups in total. The summed E-state index contributed by atoms with van der Waals surface area (Å²) in [7, 11) is 0. The van der Waals surface area contributed by atoms with Crippen LogP contribution in [0.4, 0.5) is 0 Å². The van der Waals surface area contributed by atoms with Crippen molar-refractivity contribution in [1.82, 2.24) is 0 Å². The van der Waals surface area contributed by atoms with Crippen LogP contribution in [-0.2, 0) is 0 Å². The van der Waals surface area contributed by atoms with Gasteiger partial charge in [-0.3, -0.25) is 0 Å². The third-order valence-electron chi connectivity index (χ3n) is 7.47. The molecule has 0 bridgehead atoms. The number of hydrogen-bond acceptors (Lipinski definition) is 3. The third kappa shape index (κ3) is 1.79. The summed E-state index contributed by atoms with van der Waals surface area (Å²) in [6, 6.07) is 0.0783. The maximum absolute atomic E-state index is 10.5. The largest absolute Gasteiger partial charge is 0.393 e. The fourth-order valence-electron chi connectivity index (χ4n) is 5.97. The van der Waals surface area contributed by atoms with Crippen LogP contribution in [0.2, 0.25) is 0 Å². The topological polar surface area (TPSA) is 66.5 Å². The van der Waals surface area contributed by atoms with Gasteiger partial charge in [-0.1, -0.05) is 31.1 Å².